The Morgan fingerprint density at radius 2 is 1.73 bits per heavy atom. The zero-order valence-corrected chi connectivity index (χ0v) is 9.52. The Morgan fingerprint density at radius 3 is 1.93 bits per heavy atom. The summed E-state index contributed by atoms with van der Waals surface area (Å²) in [7, 11) is -3.93. The Kier molecular flexibility index (Phi) is 5.87. The molecule has 4 heteroatoms. The molecular weight excluding hydrogens is 211 g/mol. The van der Waals surface area contributed by atoms with Gasteiger partial charge in [0.1, 0.15) is 0 Å². The van der Waals surface area contributed by atoms with Gasteiger partial charge >= 0.3 is 7.60 Å². The van der Waals surface area contributed by atoms with E-state index in [1.165, 1.54) is 12.5 Å². The second-order valence-corrected chi connectivity index (χ2v) is 4.75. The van der Waals surface area contributed by atoms with Crippen LogP contribution in [0.3, 0.4) is 0 Å². The lowest BCUT2D eigenvalue weighted by molar-refractivity contribution is 0.382. The predicted octanol–water partition coefficient (Wildman–Crippen LogP) is 3.03. The fourth-order valence-electron chi connectivity index (χ4n) is 0.589. The molecule has 0 saturated heterocycles. The summed E-state index contributed by atoms with van der Waals surface area (Å²) < 4.78 is 9.93. The Balaban J connectivity index is 0.000000265. The molecule has 0 spiro atoms. The largest absolute Gasteiger partial charge is 0.351 e. The van der Waals surface area contributed by atoms with E-state index >= 15 is 0 Å². The van der Waals surface area contributed by atoms with Crippen LogP contribution in [0.15, 0.2) is 48.8 Å². The predicted molar refractivity (Wildman–Crippen MR) is 63.4 cm³/mol. The SMILES string of the molecule is C=C(C)P(=O)(O)O.C=Cc1ccccc1. The number of hydrogen-bond acceptors (Lipinski definition) is 1. The Morgan fingerprint density at radius 1 is 1.33 bits per heavy atom. The Bertz CT molecular complexity index is 365. The molecule has 0 amide bonds. The molecule has 0 saturated carbocycles. The van der Waals surface area contributed by atoms with Gasteiger partial charge in [-0.25, -0.2) is 0 Å². The van der Waals surface area contributed by atoms with Crippen LogP contribution in [0.5, 0.6) is 0 Å². The van der Waals surface area contributed by atoms with Crippen LogP contribution in [0.4, 0.5) is 0 Å². The summed E-state index contributed by atoms with van der Waals surface area (Å²) in [5, 5.41) is -0.0903. The summed E-state index contributed by atoms with van der Waals surface area (Å²) in [5.41, 5.74) is 1.17. The van der Waals surface area contributed by atoms with Crippen molar-refractivity contribution in [3.63, 3.8) is 0 Å². The van der Waals surface area contributed by atoms with E-state index in [4.69, 9.17) is 9.79 Å². The second kappa shape index (κ2) is 6.36. The summed E-state index contributed by atoms with van der Waals surface area (Å²) in [6.45, 7) is 7.99. The molecule has 1 aromatic carbocycles. The Hall–Kier alpha value is -1.15. The van der Waals surface area contributed by atoms with Crippen LogP contribution in [-0.4, -0.2) is 9.79 Å². The lowest BCUT2D eigenvalue weighted by atomic mass is 10.2. The summed E-state index contributed by atoms with van der Waals surface area (Å²) >= 11 is 0. The molecule has 1 aromatic rings. The van der Waals surface area contributed by atoms with Gasteiger partial charge in [0, 0.05) is 5.31 Å². The van der Waals surface area contributed by atoms with Crippen molar-refractivity contribution in [1.82, 2.24) is 0 Å². The molecule has 0 radical (unpaired) electrons. The third kappa shape index (κ3) is 6.86. The monoisotopic (exact) mass is 226 g/mol. The highest BCUT2D eigenvalue weighted by Crippen LogP contribution is 2.42. The van der Waals surface area contributed by atoms with E-state index in [0.717, 1.165) is 0 Å². The maximum absolute atomic E-state index is 9.93. The van der Waals surface area contributed by atoms with E-state index < -0.39 is 7.60 Å². The van der Waals surface area contributed by atoms with Crippen molar-refractivity contribution in [2.75, 3.05) is 0 Å². The molecule has 82 valence electrons. The minimum absolute atomic E-state index is 0.0903. The first-order chi connectivity index (χ1) is 6.88. The van der Waals surface area contributed by atoms with E-state index in [-0.39, 0.29) is 5.31 Å². The van der Waals surface area contributed by atoms with Crippen LogP contribution in [0, 0.1) is 0 Å². The molecule has 0 heterocycles. The molecule has 3 nitrogen and oxygen atoms in total. The molecule has 0 aliphatic rings. The van der Waals surface area contributed by atoms with Crippen molar-refractivity contribution >= 4 is 13.7 Å². The van der Waals surface area contributed by atoms with Gasteiger partial charge in [-0.3, -0.25) is 4.57 Å². The van der Waals surface area contributed by atoms with Crippen molar-refractivity contribution in [2.45, 2.75) is 6.92 Å². The third-order valence-corrected chi connectivity index (χ3v) is 2.53. The normalized spacial score (nSPS) is 9.80. The molecular formula is C11H15O3P. The van der Waals surface area contributed by atoms with E-state index in [1.54, 1.807) is 0 Å². The maximum Gasteiger partial charge on any atom is 0.351 e. The van der Waals surface area contributed by atoms with Gasteiger partial charge < -0.3 is 9.79 Å². The Labute approximate surface area is 89.9 Å². The molecule has 0 unspecified atom stereocenters. The maximum atomic E-state index is 9.93. The summed E-state index contributed by atoms with van der Waals surface area (Å²) in [5.74, 6) is 0. The topological polar surface area (TPSA) is 57.5 Å². The smallest absolute Gasteiger partial charge is 0.321 e. The molecule has 0 fully saturated rings. The first-order valence-electron chi connectivity index (χ1n) is 4.27. The fraction of sp³-hybridized carbons (Fsp3) is 0.0909. The van der Waals surface area contributed by atoms with Crippen LogP contribution in [0.25, 0.3) is 6.08 Å². The summed E-state index contributed by atoms with van der Waals surface area (Å²) in [6, 6.07) is 10.0. The van der Waals surface area contributed by atoms with E-state index in [9.17, 15) is 4.57 Å². The average Bonchev–Trinajstić information content (AvgIpc) is 2.18. The van der Waals surface area contributed by atoms with Crippen LogP contribution >= 0.6 is 7.60 Å². The van der Waals surface area contributed by atoms with E-state index in [1.807, 2.05) is 36.4 Å². The molecule has 1 rings (SSSR count). The summed E-state index contributed by atoms with van der Waals surface area (Å²) in [4.78, 5) is 16.2. The molecule has 2 N–H and O–H groups in total. The molecule has 0 aliphatic carbocycles. The van der Waals surface area contributed by atoms with E-state index in [2.05, 4.69) is 13.2 Å². The van der Waals surface area contributed by atoms with Gasteiger partial charge in [-0.2, -0.15) is 0 Å². The highest BCUT2D eigenvalue weighted by atomic mass is 31.2. The average molecular weight is 226 g/mol. The molecule has 0 aromatic heterocycles. The van der Waals surface area contributed by atoms with Crippen LogP contribution in [-0.2, 0) is 4.57 Å². The lowest BCUT2D eigenvalue weighted by Gasteiger charge is -1.97. The fourth-order valence-corrected chi connectivity index (χ4v) is 0.589. The molecule has 15 heavy (non-hydrogen) atoms. The third-order valence-electron chi connectivity index (χ3n) is 1.53. The van der Waals surface area contributed by atoms with Crippen molar-refractivity contribution < 1.29 is 14.4 Å². The van der Waals surface area contributed by atoms with Gasteiger partial charge in [-0.1, -0.05) is 49.6 Å². The zero-order valence-electron chi connectivity index (χ0n) is 8.63. The van der Waals surface area contributed by atoms with Crippen molar-refractivity contribution in [2.24, 2.45) is 0 Å². The van der Waals surface area contributed by atoms with Gasteiger partial charge in [-0.05, 0) is 12.5 Å². The van der Waals surface area contributed by atoms with Crippen molar-refractivity contribution in [1.29, 1.82) is 0 Å². The molecule has 0 aliphatic heterocycles. The van der Waals surface area contributed by atoms with Crippen molar-refractivity contribution in [3.8, 4) is 0 Å². The minimum atomic E-state index is -3.93. The highest BCUT2D eigenvalue weighted by molar-refractivity contribution is 7.56. The molecule has 0 bridgehead atoms. The number of hydrogen-bond donors (Lipinski definition) is 2. The first-order valence-corrected chi connectivity index (χ1v) is 5.88. The van der Waals surface area contributed by atoms with Gasteiger partial charge in [0.05, 0.1) is 0 Å². The number of rotatable bonds is 2. The second-order valence-electron chi connectivity index (χ2n) is 2.89. The highest BCUT2D eigenvalue weighted by Gasteiger charge is 2.11. The van der Waals surface area contributed by atoms with E-state index in [0.29, 0.717) is 0 Å². The number of allylic oxidation sites excluding steroid dienone is 1. The van der Waals surface area contributed by atoms with Gasteiger partial charge in [0.25, 0.3) is 0 Å². The first kappa shape index (κ1) is 13.8. The lowest BCUT2D eigenvalue weighted by Crippen LogP contribution is -1.74. The van der Waals surface area contributed by atoms with Gasteiger partial charge in [0.2, 0.25) is 0 Å². The summed E-state index contributed by atoms with van der Waals surface area (Å²) in [6.07, 6.45) is 1.83. The van der Waals surface area contributed by atoms with Gasteiger partial charge in [-0.15, -0.1) is 0 Å². The van der Waals surface area contributed by atoms with Gasteiger partial charge in [0.15, 0.2) is 0 Å². The number of benzene rings is 1. The standard InChI is InChI=1S/C8H8.C3H7O3P/c1-2-8-6-4-3-5-7-8;1-3(2)7(4,5)6/h2-7H,1H2;1H2,2H3,(H2,4,5,6). The zero-order chi connectivity index (χ0) is 11.9. The van der Waals surface area contributed by atoms with Crippen LogP contribution in [0.2, 0.25) is 0 Å². The molecule has 0 atom stereocenters. The minimum Gasteiger partial charge on any atom is -0.321 e. The van der Waals surface area contributed by atoms with Crippen LogP contribution in [0.1, 0.15) is 12.5 Å². The van der Waals surface area contributed by atoms with Crippen molar-refractivity contribution in [3.05, 3.63) is 54.4 Å². The van der Waals surface area contributed by atoms with Crippen LogP contribution < -0.4 is 0 Å². The quantitative estimate of drug-likeness (QED) is 0.762.